The molecule has 0 radical (unpaired) electrons. The van der Waals surface area contributed by atoms with Crippen molar-refractivity contribution in [2.45, 2.75) is 44.1 Å². The Bertz CT molecular complexity index is 438. The second-order valence-corrected chi connectivity index (χ2v) is 6.70. The van der Waals surface area contributed by atoms with Crippen molar-refractivity contribution in [1.82, 2.24) is 5.32 Å². The van der Waals surface area contributed by atoms with Crippen molar-refractivity contribution in [3.8, 4) is 0 Å². The first kappa shape index (κ1) is 16.0. The standard InChI is InChI=1S/C16H25BrN2O/c17-15-5-4-14-11-16(12-18,7-6-13(14)10-15)19-8-2-1-3-9-20/h4-5,10,19-20H,1-3,6-9,11-12,18H2. The van der Waals surface area contributed by atoms with E-state index in [4.69, 9.17) is 10.8 Å². The average molecular weight is 341 g/mol. The van der Waals surface area contributed by atoms with Gasteiger partial charge in [-0.25, -0.2) is 0 Å². The summed E-state index contributed by atoms with van der Waals surface area (Å²) in [5.41, 5.74) is 8.98. The van der Waals surface area contributed by atoms with Gasteiger partial charge in [-0.2, -0.15) is 0 Å². The highest BCUT2D eigenvalue weighted by Crippen LogP contribution is 2.30. The van der Waals surface area contributed by atoms with E-state index in [-0.39, 0.29) is 5.54 Å². The molecule has 2 rings (SSSR count). The van der Waals surface area contributed by atoms with Gasteiger partial charge in [0.2, 0.25) is 0 Å². The van der Waals surface area contributed by atoms with E-state index >= 15 is 0 Å². The van der Waals surface area contributed by atoms with E-state index in [2.05, 4.69) is 39.4 Å². The average Bonchev–Trinajstić information content (AvgIpc) is 2.47. The van der Waals surface area contributed by atoms with Crippen LogP contribution in [0, 0.1) is 0 Å². The van der Waals surface area contributed by atoms with Gasteiger partial charge in [0.1, 0.15) is 0 Å². The van der Waals surface area contributed by atoms with Gasteiger partial charge in [0.25, 0.3) is 0 Å². The highest BCUT2D eigenvalue weighted by atomic mass is 79.9. The smallest absolute Gasteiger partial charge is 0.0431 e. The molecule has 0 saturated carbocycles. The number of nitrogens with two attached hydrogens (primary N) is 1. The Kier molecular flexibility index (Phi) is 6.02. The Morgan fingerprint density at radius 1 is 1.25 bits per heavy atom. The Morgan fingerprint density at radius 2 is 2.10 bits per heavy atom. The van der Waals surface area contributed by atoms with Crippen LogP contribution >= 0.6 is 15.9 Å². The summed E-state index contributed by atoms with van der Waals surface area (Å²) >= 11 is 3.54. The lowest BCUT2D eigenvalue weighted by molar-refractivity contribution is 0.272. The fourth-order valence-electron chi connectivity index (χ4n) is 2.99. The van der Waals surface area contributed by atoms with Crippen LogP contribution < -0.4 is 11.1 Å². The van der Waals surface area contributed by atoms with Crippen LogP contribution in [0.4, 0.5) is 0 Å². The Hall–Kier alpha value is -0.420. The molecular formula is C16H25BrN2O. The minimum absolute atomic E-state index is 0.0556. The number of nitrogens with one attached hydrogen (secondary N) is 1. The minimum atomic E-state index is 0.0556. The molecule has 0 fully saturated rings. The zero-order valence-corrected chi connectivity index (χ0v) is 13.6. The summed E-state index contributed by atoms with van der Waals surface area (Å²) in [6.45, 7) is 1.97. The maximum absolute atomic E-state index is 8.80. The molecular weight excluding hydrogens is 316 g/mol. The van der Waals surface area contributed by atoms with Crippen molar-refractivity contribution < 1.29 is 5.11 Å². The van der Waals surface area contributed by atoms with Crippen molar-refractivity contribution in [3.05, 3.63) is 33.8 Å². The second kappa shape index (κ2) is 7.55. The van der Waals surface area contributed by atoms with E-state index in [1.165, 1.54) is 11.1 Å². The Morgan fingerprint density at radius 3 is 2.85 bits per heavy atom. The lowest BCUT2D eigenvalue weighted by Crippen LogP contribution is -2.55. The predicted octanol–water partition coefficient (Wildman–Crippen LogP) is 2.39. The maximum Gasteiger partial charge on any atom is 0.0431 e. The maximum atomic E-state index is 8.80. The number of aliphatic hydroxyl groups excluding tert-OH is 1. The molecule has 0 heterocycles. The highest BCUT2D eigenvalue weighted by molar-refractivity contribution is 9.10. The fraction of sp³-hybridized carbons (Fsp3) is 0.625. The summed E-state index contributed by atoms with van der Waals surface area (Å²) in [6.07, 6.45) is 6.30. The third kappa shape index (κ3) is 4.04. The first-order valence-electron chi connectivity index (χ1n) is 7.52. The van der Waals surface area contributed by atoms with E-state index in [0.717, 1.165) is 49.5 Å². The summed E-state index contributed by atoms with van der Waals surface area (Å²) in [4.78, 5) is 0. The van der Waals surface area contributed by atoms with Crippen molar-refractivity contribution in [2.24, 2.45) is 5.73 Å². The molecule has 0 bridgehead atoms. The Labute approximate surface area is 130 Å². The van der Waals surface area contributed by atoms with Gasteiger partial charge in [-0.15, -0.1) is 0 Å². The molecule has 0 aromatic heterocycles. The van der Waals surface area contributed by atoms with Gasteiger partial charge in [-0.05, 0) is 68.3 Å². The van der Waals surface area contributed by atoms with Crippen LogP contribution in [0.15, 0.2) is 22.7 Å². The molecule has 1 unspecified atom stereocenters. The van der Waals surface area contributed by atoms with Gasteiger partial charge in [0.05, 0.1) is 0 Å². The molecule has 1 aliphatic carbocycles. The zero-order chi connectivity index (χ0) is 14.4. The van der Waals surface area contributed by atoms with Gasteiger partial charge >= 0.3 is 0 Å². The molecule has 0 amide bonds. The predicted molar refractivity (Wildman–Crippen MR) is 86.9 cm³/mol. The molecule has 4 N–H and O–H groups in total. The largest absolute Gasteiger partial charge is 0.396 e. The number of benzene rings is 1. The number of aliphatic hydroxyl groups is 1. The van der Waals surface area contributed by atoms with Crippen LogP contribution in [0.3, 0.4) is 0 Å². The molecule has 112 valence electrons. The number of unbranched alkanes of at least 4 members (excludes halogenated alkanes) is 2. The third-order valence-electron chi connectivity index (χ3n) is 4.30. The molecule has 20 heavy (non-hydrogen) atoms. The summed E-state index contributed by atoms with van der Waals surface area (Å²) < 4.78 is 1.16. The lowest BCUT2D eigenvalue weighted by Gasteiger charge is -2.38. The zero-order valence-electron chi connectivity index (χ0n) is 12.0. The van der Waals surface area contributed by atoms with E-state index in [0.29, 0.717) is 13.2 Å². The van der Waals surface area contributed by atoms with Crippen molar-refractivity contribution in [2.75, 3.05) is 19.7 Å². The monoisotopic (exact) mass is 340 g/mol. The van der Waals surface area contributed by atoms with Gasteiger partial charge in [0, 0.05) is 23.2 Å². The van der Waals surface area contributed by atoms with Crippen molar-refractivity contribution >= 4 is 15.9 Å². The van der Waals surface area contributed by atoms with Crippen molar-refractivity contribution in [3.63, 3.8) is 0 Å². The van der Waals surface area contributed by atoms with Crippen LogP contribution in [-0.2, 0) is 12.8 Å². The molecule has 1 aliphatic rings. The minimum Gasteiger partial charge on any atom is -0.396 e. The van der Waals surface area contributed by atoms with E-state index < -0.39 is 0 Å². The second-order valence-electron chi connectivity index (χ2n) is 5.79. The number of hydrogen-bond donors (Lipinski definition) is 3. The molecule has 0 saturated heterocycles. The number of aryl methyl sites for hydroxylation is 1. The SMILES string of the molecule is NCC1(NCCCCCO)CCc2cc(Br)ccc2C1. The number of rotatable bonds is 7. The topological polar surface area (TPSA) is 58.3 Å². The summed E-state index contributed by atoms with van der Waals surface area (Å²) in [7, 11) is 0. The normalized spacial score (nSPS) is 21.8. The van der Waals surface area contributed by atoms with Gasteiger partial charge in [-0.3, -0.25) is 0 Å². The highest BCUT2D eigenvalue weighted by Gasteiger charge is 2.32. The number of hydrogen-bond acceptors (Lipinski definition) is 3. The molecule has 3 nitrogen and oxygen atoms in total. The summed E-state index contributed by atoms with van der Waals surface area (Å²) in [5.74, 6) is 0. The van der Waals surface area contributed by atoms with E-state index in [1.54, 1.807) is 0 Å². The van der Waals surface area contributed by atoms with Crippen LogP contribution in [0.25, 0.3) is 0 Å². The third-order valence-corrected chi connectivity index (χ3v) is 4.79. The molecule has 1 aromatic rings. The van der Waals surface area contributed by atoms with Crippen LogP contribution in [0.1, 0.15) is 36.8 Å². The number of fused-ring (bicyclic) bond motifs is 1. The molecule has 0 spiro atoms. The van der Waals surface area contributed by atoms with Crippen LogP contribution in [0.2, 0.25) is 0 Å². The first-order chi connectivity index (χ1) is 9.69. The van der Waals surface area contributed by atoms with Crippen LogP contribution in [0.5, 0.6) is 0 Å². The molecule has 1 aromatic carbocycles. The molecule has 4 heteroatoms. The van der Waals surface area contributed by atoms with E-state index in [1.807, 2.05) is 0 Å². The summed E-state index contributed by atoms with van der Waals surface area (Å²) in [5, 5.41) is 12.5. The molecule has 0 aliphatic heterocycles. The van der Waals surface area contributed by atoms with E-state index in [9.17, 15) is 0 Å². The Balaban J connectivity index is 1.94. The fourth-order valence-corrected chi connectivity index (χ4v) is 3.40. The lowest BCUT2D eigenvalue weighted by atomic mass is 9.78. The van der Waals surface area contributed by atoms with Crippen LogP contribution in [-0.4, -0.2) is 30.3 Å². The quantitative estimate of drug-likeness (QED) is 0.668. The van der Waals surface area contributed by atoms with Gasteiger partial charge in [0.15, 0.2) is 0 Å². The summed E-state index contributed by atoms with van der Waals surface area (Å²) in [6, 6.07) is 6.57. The van der Waals surface area contributed by atoms with Gasteiger partial charge in [-0.1, -0.05) is 22.0 Å². The van der Waals surface area contributed by atoms with Gasteiger partial charge < -0.3 is 16.2 Å². The number of halogens is 1. The van der Waals surface area contributed by atoms with Crippen molar-refractivity contribution in [1.29, 1.82) is 0 Å². The molecule has 1 atom stereocenters. The first-order valence-corrected chi connectivity index (χ1v) is 8.32.